The van der Waals surface area contributed by atoms with E-state index in [0.29, 0.717) is 47.4 Å². The summed E-state index contributed by atoms with van der Waals surface area (Å²) in [6, 6.07) is 13.5. The molecule has 4 aromatic rings. The third-order valence-corrected chi connectivity index (χ3v) is 13.7. The highest BCUT2D eigenvalue weighted by Gasteiger charge is 2.49. The van der Waals surface area contributed by atoms with Gasteiger partial charge in [0.1, 0.15) is 17.1 Å². The van der Waals surface area contributed by atoms with Crippen LogP contribution in [0.15, 0.2) is 77.0 Å². The topological polar surface area (TPSA) is 155 Å². The van der Waals surface area contributed by atoms with E-state index < -0.39 is 15.9 Å². The number of carbonyl (C=O) groups excluding carboxylic acids is 1. The summed E-state index contributed by atoms with van der Waals surface area (Å²) in [4.78, 5) is 26.1. The van der Waals surface area contributed by atoms with E-state index in [-0.39, 0.29) is 27.5 Å². The third-order valence-electron chi connectivity index (χ3n) is 12.1. The number of fused-ring (bicyclic) bond motifs is 1. The summed E-state index contributed by atoms with van der Waals surface area (Å²) in [5, 5.41) is 4.19. The highest BCUT2D eigenvalue weighted by molar-refractivity contribution is 7.90. The Hall–Kier alpha value is -4.30. The summed E-state index contributed by atoms with van der Waals surface area (Å²) in [7, 11) is -4.29. The predicted octanol–water partition coefficient (Wildman–Crippen LogP) is 7.68. The average Bonchev–Trinajstić information content (AvgIpc) is 3.57. The van der Waals surface area contributed by atoms with Gasteiger partial charge in [-0.25, -0.2) is 18.1 Å². The zero-order valence-electron chi connectivity index (χ0n) is 32.9. The van der Waals surface area contributed by atoms with Gasteiger partial charge in [0.25, 0.3) is 15.9 Å². The summed E-state index contributed by atoms with van der Waals surface area (Å²) in [5.41, 5.74) is 12.5. The third kappa shape index (κ3) is 9.22. The number of H-pyrrole nitrogens is 1. The highest BCUT2D eigenvalue weighted by Crippen LogP contribution is 2.49. The van der Waals surface area contributed by atoms with Gasteiger partial charge in [-0.2, -0.15) is 0 Å². The normalized spacial score (nSPS) is 20.6. The number of carbonyl (C=O) groups is 1. The lowest BCUT2D eigenvalue weighted by Gasteiger charge is -2.39. The number of nitrogen functional groups attached to an aromatic ring is 1. The number of allylic oxidation sites excluding steroid dienone is 1. The van der Waals surface area contributed by atoms with Gasteiger partial charge in [0.15, 0.2) is 0 Å². The molecule has 2 aliphatic carbocycles. The molecule has 2 saturated heterocycles. The second kappa shape index (κ2) is 16.2. The van der Waals surface area contributed by atoms with Crippen LogP contribution < -0.4 is 25.4 Å². The first kappa shape index (κ1) is 39.5. The van der Waals surface area contributed by atoms with Crippen molar-refractivity contribution in [3.8, 4) is 11.5 Å². The van der Waals surface area contributed by atoms with Crippen LogP contribution in [0.2, 0.25) is 0 Å². The number of alkyl halides is 1. The number of rotatable bonds is 14. The molecule has 1 spiro atoms. The second-order valence-electron chi connectivity index (χ2n) is 17.1. The molecule has 2 aliphatic heterocycles. The minimum atomic E-state index is -4.29. The fourth-order valence-corrected chi connectivity index (χ4v) is 9.76. The Morgan fingerprint density at radius 2 is 1.89 bits per heavy atom. The van der Waals surface area contributed by atoms with Crippen LogP contribution in [0.25, 0.3) is 11.0 Å². The van der Waals surface area contributed by atoms with Crippen LogP contribution in [0.1, 0.15) is 75.6 Å². The van der Waals surface area contributed by atoms with Crippen molar-refractivity contribution in [2.24, 2.45) is 11.3 Å². The summed E-state index contributed by atoms with van der Waals surface area (Å²) in [5.74, 6) is 0.887. The maximum Gasteiger partial charge on any atom is 0.268 e. The number of aromatic nitrogens is 2. The number of benzene rings is 2. The first-order chi connectivity index (χ1) is 27.4. The predicted molar refractivity (Wildman–Crippen MR) is 226 cm³/mol. The molecule has 2 aromatic carbocycles. The minimum absolute atomic E-state index is 0.0743. The molecule has 12 nitrogen and oxygen atoms in total. The number of anilines is 3. The SMILES string of the molecule is CC1(C)CCC(CN2CCN(c3ccc(C(=O)NS(=O)(=O)c4ccc(NCC5COC6(CC6)C5)c(N)c4)c(Oc4cnc5[nH]ccc5c4)c3)CC2)=C(CCCCl)C1. The average molecular weight is 816 g/mol. The van der Waals surface area contributed by atoms with Gasteiger partial charge >= 0.3 is 0 Å². The maximum absolute atomic E-state index is 13.8. The molecule has 4 heterocycles. The van der Waals surface area contributed by atoms with Gasteiger partial charge in [-0.1, -0.05) is 25.0 Å². The van der Waals surface area contributed by atoms with Crippen molar-refractivity contribution in [3.05, 3.63) is 77.6 Å². The number of nitrogens with one attached hydrogen (secondary N) is 3. The Bertz CT molecular complexity index is 2260. The number of pyridine rings is 1. The van der Waals surface area contributed by atoms with Gasteiger partial charge in [-0.05, 0) is 99.2 Å². The first-order valence-electron chi connectivity index (χ1n) is 20.2. The number of aromatic amines is 1. The van der Waals surface area contributed by atoms with Gasteiger partial charge in [0.2, 0.25) is 0 Å². The number of nitrogens with zero attached hydrogens (tertiary/aromatic N) is 3. The molecule has 8 rings (SSSR count). The number of amides is 1. The minimum Gasteiger partial charge on any atom is -0.455 e. The molecule has 304 valence electrons. The van der Waals surface area contributed by atoms with Crippen LogP contribution >= 0.6 is 11.6 Å². The molecule has 1 unspecified atom stereocenters. The van der Waals surface area contributed by atoms with E-state index in [9.17, 15) is 13.2 Å². The molecule has 57 heavy (non-hydrogen) atoms. The van der Waals surface area contributed by atoms with Crippen molar-refractivity contribution in [2.75, 3.05) is 67.7 Å². The molecular formula is C43H54ClN7O5S. The zero-order valence-corrected chi connectivity index (χ0v) is 34.5. The van der Waals surface area contributed by atoms with Crippen LogP contribution in [0.4, 0.5) is 17.1 Å². The lowest BCUT2D eigenvalue weighted by molar-refractivity contribution is 0.0877. The monoisotopic (exact) mass is 815 g/mol. The number of halogens is 1. The smallest absolute Gasteiger partial charge is 0.268 e. The van der Waals surface area contributed by atoms with E-state index in [1.807, 2.05) is 24.3 Å². The molecule has 2 aromatic heterocycles. The largest absolute Gasteiger partial charge is 0.455 e. The molecule has 5 N–H and O–H groups in total. The number of nitrogens with two attached hydrogens (primary N) is 1. The Morgan fingerprint density at radius 3 is 2.65 bits per heavy atom. The number of sulfonamides is 1. The second-order valence-corrected chi connectivity index (χ2v) is 19.2. The number of piperazine rings is 1. The maximum atomic E-state index is 13.8. The quantitative estimate of drug-likeness (QED) is 0.0566. The fraction of sp³-hybridized carbons (Fsp3) is 0.488. The van der Waals surface area contributed by atoms with Crippen molar-refractivity contribution in [2.45, 2.75) is 75.7 Å². The highest BCUT2D eigenvalue weighted by atomic mass is 35.5. The summed E-state index contributed by atoms with van der Waals surface area (Å²) >= 11 is 6.09. The molecule has 1 saturated carbocycles. The van der Waals surface area contributed by atoms with Crippen LogP contribution in [0, 0.1) is 11.3 Å². The molecule has 3 fully saturated rings. The number of hydrogen-bond donors (Lipinski definition) is 4. The van der Waals surface area contributed by atoms with Crippen LogP contribution in [0.5, 0.6) is 11.5 Å². The van der Waals surface area contributed by atoms with E-state index in [1.54, 1.807) is 35.7 Å². The Balaban J connectivity index is 0.967. The van der Waals surface area contributed by atoms with Gasteiger partial charge in [-0.3, -0.25) is 9.69 Å². The number of hydrogen-bond acceptors (Lipinski definition) is 10. The van der Waals surface area contributed by atoms with Crippen molar-refractivity contribution in [3.63, 3.8) is 0 Å². The molecule has 1 atom stereocenters. The van der Waals surface area contributed by atoms with Gasteiger partial charge in [0, 0.05) is 74.4 Å². The van der Waals surface area contributed by atoms with E-state index in [0.717, 1.165) is 88.7 Å². The van der Waals surface area contributed by atoms with Gasteiger partial charge in [0.05, 0.1) is 40.2 Å². The van der Waals surface area contributed by atoms with Crippen molar-refractivity contribution in [1.82, 2.24) is 19.6 Å². The van der Waals surface area contributed by atoms with Crippen molar-refractivity contribution in [1.29, 1.82) is 0 Å². The Morgan fingerprint density at radius 1 is 1.07 bits per heavy atom. The lowest BCUT2D eigenvalue weighted by atomic mass is 9.73. The lowest BCUT2D eigenvalue weighted by Crippen LogP contribution is -2.47. The molecule has 1 amide bonds. The van der Waals surface area contributed by atoms with Crippen LogP contribution in [-0.4, -0.2) is 86.5 Å². The van der Waals surface area contributed by atoms with E-state index in [1.165, 1.54) is 18.6 Å². The van der Waals surface area contributed by atoms with Crippen LogP contribution in [0.3, 0.4) is 0 Å². The molecule has 0 radical (unpaired) electrons. The number of ether oxygens (including phenoxy) is 2. The molecular weight excluding hydrogens is 762 g/mol. The van der Waals surface area contributed by atoms with Crippen molar-refractivity contribution >= 4 is 55.6 Å². The standard InChI is InChI=1S/C43H54ClN7O5S/c1-42(2)11-9-32(31(24-42)4-3-14-44)27-50-16-18-51(19-17-50)33-5-7-36(39(21-33)56-34-20-30-10-15-46-40(30)48-26-34)41(52)49-57(53,54)35-6-8-38(37(45)22-35)47-25-29-23-43(12-13-43)55-28-29/h5-8,10,15,20-22,26,29,47H,3-4,9,11-14,16-19,23-25,27-28,45H2,1-2H3,(H,46,48)(H,49,52). The zero-order chi connectivity index (χ0) is 39.8. The van der Waals surface area contributed by atoms with Crippen LogP contribution in [-0.2, 0) is 14.8 Å². The van der Waals surface area contributed by atoms with E-state index in [4.69, 9.17) is 26.8 Å². The first-order valence-corrected chi connectivity index (χ1v) is 22.2. The molecule has 14 heteroatoms. The van der Waals surface area contributed by atoms with E-state index in [2.05, 4.69) is 43.7 Å². The fourth-order valence-electron chi connectivity index (χ4n) is 8.63. The summed E-state index contributed by atoms with van der Waals surface area (Å²) < 4.78 is 41.7. The van der Waals surface area contributed by atoms with E-state index >= 15 is 0 Å². The Kier molecular flexibility index (Phi) is 11.2. The Labute approximate surface area is 340 Å². The van der Waals surface area contributed by atoms with Gasteiger partial charge < -0.3 is 30.4 Å². The summed E-state index contributed by atoms with van der Waals surface area (Å²) in [6.45, 7) is 10.5. The summed E-state index contributed by atoms with van der Waals surface area (Å²) in [6.07, 6.45) is 12.2. The molecule has 4 aliphatic rings. The molecule has 0 bridgehead atoms. The van der Waals surface area contributed by atoms with Crippen molar-refractivity contribution < 1.29 is 22.7 Å². The van der Waals surface area contributed by atoms with Gasteiger partial charge in [-0.15, -0.1) is 11.6 Å².